The van der Waals surface area contributed by atoms with E-state index >= 15 is 0 Å². The number of thioether (sulfide) groups is 2. The van der Waals surface area contributed by atoms with Gasteiger partial charge in [0.05, 0.1) is 9.81 Å². The molecule has 4 nitrogen and oxygen atoms in total. The number of carbonyl (C=O) groups excluding carboxylic acids is 2. The third kappa shape index (κ3) is 4.07. The van der Waals surface area contributed by atoms with Crippen molar-refractivity contribution in [2.24, 2.45) is 0 Å². The molecular weight excluding hydrogens is 429 g/mol. The molecule has 4 fully saturated rings. The largest absolute Gasteiger partial charge is 0.290 e. The van der Waals surface area contributed by atoms with Crippen LogP contribution in [-0.2, 0) is 9.59 Å². The maximum atomic E-state index is 13.2. The summed E-state index contributed by atoms with van der Waals surface area (Å²) in [4.78, 5) is 31.1. The lowest BCUT2D eigenvalue weighted by molar-refractivity contribution is -0.126. The summed E-state index contributed by atoms with van der Waals surface area (Å²) in [5.74, 6) is -0.161. The summed E-state index contributed by atoms with van der Waals surface area (Å²) in [5.41, 5.74) is 0. The van der Waals surface area contributed by atoms with Crippen molar-refractivity contribution in [3.05, 3.63) is 9.81 Å². The maximum Gasteiger partial charge on any atom is 0.267 e. The van der Waals surface area contributed by atoms with Gasteiger partial charge in [0.1, 0.15) is 8.64 Å². The van der Waals surface area contributed by atoms with Gasteiger partial charge in [-0.25, -0.2) is 0 Å². The first-order chi connectivity index (χ1) is 13.6. The molecule has 2 saturated heterocycles. The van der Waals surface area contributed by atoms with Crippen molar-refractivity contribution < 1.29 is 9.59 Å². The van der Waals surface area contributed by atoms with Gasteiger partial charge in [-0.05, 0) is 25.7 Å². The highest BCUT2D eigenvalue weighted by Gasteiger charge is 2.45. The fraction of sp³-hybridized carbons (Fsp3) is 0.700. The molecule has 4 aliphatic rings. The van der Waals surface area contributed by atoms with Gasteiger partial charge in [0.25, 0.3) is 11.8 Å². The molecule has 2 saturated carbocycles. The maximum absolute atomic E-state index is 13.2. The predicted octanol–water partition coefficient (Wildman–Crippen LogP) is 5.36. The van der Waals surface area contributed by atoms with Crippen molar-refractivity contribution in [3.63, 3.8) is 0 Å². The van der Waals surface area contributed by atoms with Crippen LogP contribution in [0.4, 0.5) is 0 Å². The van der Waals surface area contributed by atoms with E-state index in [1.54, 1.807) is 9.80 Å². The topological polar surface area (TPSA) is 40.6 Å². The van der Waals surface area contributed by atoms with Gasteiger partial charge in [0.15, 0.2) is 0 Å². The van der Waals surface area contributed by atoms with Crippen molar-refractivity contribution >= 4 is 68.4 Å². The molecule has 0 atom stereocenters. The molecule has 152 valence electrons. The average molecular weight is 455 g/mol. The number of amides is 2. The minimum absolute atomic E-state index is 0.0803. The second-order valence-corrected chi connectivity index (χ2v) is 11.3. The first kappa shape index (κ1) is 20.8. The summed E-state index contributed by atoms with van der Waals surface area (Å²) in [6.07, 6.45) is 13.5. The lowest BCUT2D eigenvalue weighted by Crippen LogP contribution is -2.39. The van der Waals surface area contributed by atoms with E-state index in [9.17, 15) is 9.59 Å². The molecular formula is C20H26N2O2S4. The number of rotatable bonds is 2. The molecule has 28 heavy (non-hydrogen) atoms. The Morgan fingerprint density at radius 1 is 0.607 bits per heavy atom. The number of hydrogen-bond acceptors (Lipinski definition) is 6. The Bertz CT molecular complexity index is 660. The molecule has 0 bridgehead atoms. The standard InChI is InChI=1S/C20H26N2O2S4/c23-17-15(27-19(25)21(17)13-9-5-1-2-6-10-13)16-18(24)22(20(26)28-16)14-11-7-3-4-8-12-14/h13-14H,1-12H2/b16-15+. The molecule has 0 radical (unpaired) electrons. The summed E-state index contributed by atoms with van der Waals surface area (Å²) in [6, 6.07) is 0.360. The fourth-order valence-corrected chi connectivity index (χ4v) is 7.65. The van der Waals surface area contributed by atoms with Gasteiger partial charge in [-0.2, -0.15) is 0 Å². The van der Waals surface area contributed by atoms with Gasteiger partial charge in [0, 0.05) is 12.1 Å². The highest BCUT2D eigenvalue weighted by molar-refractivity contribution is 8.29. The summed E-state index contributed by atoms with van der Waals surface area (Å²) >= 11 is 13.7. The number of nitrogens with zero attached hydrogens (tertiary/aromatic N) is 2. The van der Waals surface area contributed by atoms with Crippen LogP contribution in [-0.4, -0.2) is 42.3 Å². The van der Waals surface area contributed by atoms with E-state index < -0.39 is 0 Å². The lowest BCUT2D eigenvalue weighted by atomic mass is 10.1. The third-order valence-electron chi connectivity index (χ3n) is 6.18. The molecule has 0 aromatic heterocycles. The molecule has 0 unspecified atom stereocenters. The Hall–Kier alpha value is -0.440. The Labute approximate surface area is 186 Å². The molecule has 0 aromatic rings. The summed E-state index contributed by atoms with van der Waals surface area (Å²) in [6.45, 7) is 0. The van der Waals surface area contributed by atoms with Crippen LogP contribution >= 0.6 is 48.0 Å². The van der Waals surface area contributed by atoms with Crippen molar-refractivity contribution in [3.8, 4) is 0 Å². The SMILES string of the molecule is O=C1/C(=C2\SC(=S)N(C3CCCCCC3)C2=O)SC(=S)N1C1CCCCCC1. The monoisotopic (exact) mass is 454 g/mol. The van der Waals surface area contributed by atoms with Gasteiger partial charge in [0.2, 0.25) is 0 Å². The lowest BCUT2D eigenvalue weighted by Gasteiger charge is -2.25. The molecule has 2 aliphatic heterocycles. The molecule has 0 spiro atoms. The van der Waals surface area contributed by atoms with E-state index in [1.165, 1.54) is 49.2 Å². The quantitative estimate of drug-likeness (QED) is 0.318. The van der Waals surface area contributed by atoms with Crippen molar-refractivity contribution in [2.75, 3.05) is 0 Å². The minimum atomic E-state index is -0.0803. The molecule has 0 N–H and O–H groups in total. The van der Waals surface area contributed by atoms with E-state index in [2.05, 4.69) is 0 Å². The van der Waals surface area contributed by atoms with Crippen molar-refractivity contribution in [1.82, 2.24) is 9.80 Å². The third-order valence-corrected chi connectivity index (χ3v) is 9.12. The van der Waals surface area contributed by atoms with Crippen LogP contribution in [0.1, 0.15) is 77.0 Å². The van der Waals surface area contributed by atoms with Crippen LogP contribution in [0.25, 0.3) is 0 Å². The van der Waals surface area contributed by atoms with Crippen molar-refractivity contribution in [2.45, 2.75) is 89.1 Å². The van der Waals surface area contributed by atoms with Crippen LogP contribution < -0.4 is 0 Å². The zero-order valence-electron chi connectivity index (χ0n) is 16.0. The van der Waals surface area contributed by atoms with Gasteiger partial charge in [-0.1, -0.05) is 99.3 Å². The highest BCUT2D eigenvalue weighted by Crippen LogP contribution is 2.45. The van der Waals surface area contributed by atoms with E-state index in [-0.39, 0.29) is 23.9 Å². The molecule has 4 rings (SSSR count). The number of thiocarbonyl (C=S) groups is 2. The molecule has 2 amide bonds. The fourth-order valence-electron chi connectivity index (χ4n) is 4.69. The summed E-state index contributed by atoms with van der Waals surface area (Å²) < 4.78 is 1.21. The van der Waals surface area contributed by atoms with E-state index in [0.29, 0.717) is 18.5 Å². The van der Waals surface area contributed by atoms with Crippen molar-refractivity contribution in [1.29, 1.82) is 0 Å². The normalized spacial score (nSPS) is 29.0. The van der Waals surface area contributed by atoms with Gasteiger partial charge in [-0.15, -0.1) is 0 Å². The zero-order valence-corrected chi connectivity index (χ0v) is 19.2. The molecule has 8 heteroatoms. The second kappa shape index (κ2) is 9.14. The number of hydrogen-bond donors (Lipinski definition) is 0. The Morgan fingerprint density at radius 3 is 1.25 bits per heavy atom. The molecule has 2 heterocycles. The highest BCUT2D eigenvalue weighted by atomic mass is 32.2. The molecule has 0 aromatic carbocycles. The zero-order chi connectivity index (χ0) is 19.7. The summed E-state index contributed by atoms with van der Waals surface area (Å²) in [5, 5.41) is 0. The van der Waals surface area contributed by atoms with Crippen LogP contribution in [0.15, 0.2) is 9.81 Å². The average Bonchev–Trinajstić information content (AvgIpc) is 2.96. The van der Waals surface area contributed by atoms with Crippen LogP contribution in [0.3, 0.4) is 0 Å². The van der Waals surface area contributed by atoms with Gasteiger partial charge in [-0.3, -0.25) is 19.4 Å². The van der Waals surface area contributed by atoms with E-state index in [0.717, 1.165) is 51.4 Å². The smallest absolute Gasteiger partial charge is 0.267 e. The van der Waals surface area contributed by atoms with E-state index in [1.807, 2.05) is 0 Å². The second-order valence-electron chi connectivity index (χ2n) is 8.04. The van der Waals surface area contributed by atoms with Crippen LogP contribution in [0.5, 0.6) is 0 Å². The van der Waals surface area contributed by atoms with Crippen LogP contribution in [0.2, 0.25) is 0 Å². The molecule has 2 aliphatic carbocycles. The van der Waals surface area contributed by atoms with Gasteiger partial charge >= 0.3 is 0 Å². The van der Waals surface area contributed by atoms with Crippen LogP contribution in [0, 0.1) is 0 Å². The van der Waals surface area contributed by atoms with Gasteiger partial charge < -0.3 is 0 Å². The first-order valence-electron chi connectivity index (χ1n) is 10.4. The predicted molar refractivity (Wildman–Crippen MR) is 124 cm³/mol. The Kier molecular flexibility index (Phi) is 6.80. The first-order valence-corrected chi connectivity index (χ1v) is 12.9. The Morgan fingerprint density at radius 2 is 0.929 bits per heavy atom. The minimum Gasteiger partial charge on any atom is -0.290 e. The summed E-state index contributed by atoms with van der Waals surface area (Å²) in [7, 11) is 0. The number of carbonyl (C=O) groups is 2. The Balaban J connectivity index is 1.57. The van der Waals surface area contributed by atoms with E-state index in [4.69, 9.17) is 24.4 Å².